The third-order valence-electron chi connectivity index (χ3n) is 6.89. The van der Waals surface area contributed by atoms with Gasteiger partial charge in [-0.05, 0) is 50.3 Å². The zero-order valence-electron chi connectivity index (χ0n) is 20.4. The van der Waals surface area contributed by atoms with E-state index in [4.69, 9.17) is 0 Å². The van der Waals surface area contributed by atoms with E-state index in [2.05, 4.69) is 24.8 Å². The molecule has 0 radical (unpaired) electrons. The van der Waals surface area contributed by atoms with Crippen molar-refractivity contribution >= 4 is 17.4 Å². The Morgan fingerprint density at radius 1 is 1.17 bits per heavy atom. The second-order valence-electron chi connectivity index (χ2n) is 9.74. The molecule has 1 fully saturated rings. The van der Waals surface area contributed by atoms with Crippen LogP contribution < -0.4 is 10.2 Å². The molecule has 0 bridgehead atoms. The second kappa shape index (κ2) is 8.89. The zero-order valence-corrected chi connectivity index (χ0v) is 20.4. The van der Waals surface area contributed by atoms with Gasteiger partial charge in [0.05, 0.1) is 29.0 Å². The summed E-state index contributed by atoms with van der Waals surface area (Å²) in [5.41, 5.74) is 4.20. The van der Waals surface area contributed by atoms with Gasteiger partial charge in [-0.15, -0.1) is 0 Å². The summed E-state index contributed by atoms with van der Waals surface area (Å²) in [7, 11) is 3.70. The van der Waals surface area contributed by atoms with E-state index >= 15 is 4.39 Å². The van der Waals surface area contributed by atoms with Crippen LogP contribution in [0, 0.1) is 5.82 Å². The molecule has 4 aromatic rings. The molecule has 8 nitrogen and oxygen atoms in total. The molecule has 4 heterocycles. The summed E-state index contributed by atoms with van der Waals surface area (Å²) in [6, 6.07) is 8.37. The number of aromatic nitrogens is 5. The van der Waals surface area contributed by atoms with E-state index in [0.717, 1.165) is 50.2 Å². The van der Waals surface area contributed by atoms with E-state index in [1.165, 1.54) is 11.8 Å². The fraction of sp³-hybridized carbons (Fsp3) is 0.333. The van der Waals surface area contributed by atoms with Crippen molar-refractivity contribution in [2.45, 2.75) is 44.6 Å². The van der Waals surface area contributed by atoms with Crippen molar-refractivity contribution in [1.29, 1.82) is 0 Å². The largest absolute Gasteiger partial charge is 0.376 e. The van der Waals surface area contributed by atoms with Crippen LogP contribution in [0.25, 0.3) is 17.2 Å². The Kier molecular flexibility index (Phi) is 5.55. The Morgan fingerprint density at radius 3 is 2.83 bits per heavy atom. The van der Waals surface area contributed by atoms with Crippen LogP contribution in [-0.2, 0) is 13.0 Å². The number of carbonyl (C=O) groups excluding carboxylic acids is 1. The molecule has 1 N–H and O–H groups in total. The van der Waals surface area contributed by atoms with Crippen LogP contribution in [0.15, 0.2) is 49.1 Å². The first-order valence-electron chi connectivity index (χ1n) is 12.4. The van der Waals surface area contributed by atoms with Crippen molar-refractivity contribution in [3.63, 3.8) is 0 Å². The number of benzene rings is 1. The normalized spacial score (nSPS) is 15.0. The van der Waals surface area contributed by atoms with E-state index < -0.39 is 11.7 Å². The molecule has 184 valence electrons. The lowest BCUT2D eigenvalue weighted by Gasteiger charge is -2.19. The molecule has 1 aliphatic heterocycles. The Bertz CT molecular complexity index is 1450. The summed E-state index contributed by atoms with van der Waals surface area (Å²) in [6.07, 6.45) is 11.2. The highest BCUT2D eigenvalue weighted by Crippen LogP contribution is 2.39. The van der Waals surface area contributed by atoms with Crippen LogP contribution in [0.1, 0.15) is 53.3 Å². The van der Waals surface area contributed by atoms with Crippen LogP contribution in [0.5, 0.6) is 0 Å². The van der Waals surface area contributed by atoms with Crippen molar-refractivity contribution < 1.29 is 9.18 Å². The number of fused-ring (bicyclic) bond motifs is 1. The zero-order chi connectivity index (χ0) is 24.8. The standard InChI is InChI=1S/C27H28FN7O/c1-33(2)23-13-20(28)19(12-24(23)34-15-22(30-16-34)17-9-10-17)27(36)32-25-8-5-7-21(31-25)26-29-14-18-6-3-4-11-35(18)26/h5,7-8,12-17H,3-4,6,9-11H2,1-2H3,(H,31,32,36). The summed E-state index contributed by atoms with van der Waals surface area (Å²) in [5, 5.41) is 2.78. The average Bonchev–Trinajstić information content (AvgIpc) is 3.44. The summed E-state index contributed by atoms with van der Waals surface area (Å²) >= 11 is 0. The highest BCUT2D eigenvalue weighted by molar-refractivity contribution is 6.05. The van der Waals surface area contributed by atoms with Gasteiger partial charge in [0.1, 0.15) is 17.3 Å². The van der Waals surface area contributed by atoms with Crippen molar-refractivity contribution in [1.82, 2.24) is 24.1 Å². The number of anilines is 2. The molecule has 0 unspecified atom stereocenters. The molecular weight excluding hydrogens is 457 g/mol. The van der Waals surface area contributed by atoms with Crippen LogP contribution >= 0.6 is 0 Å². The Labute approximate surface area is 208 Å². The smallest absolute Gasteiger partial charge is 0.259 e. The summed E-state index contributed by atoms with van der Waals surface area (Å²) in [6.45, 7) is 0.909. The van der Waals surface area contributed by atoms with Crippen LogP contribution in [0.3, 0.4) is 0 Å². The van der Waals surface area contributed by atoms with Crippen LogP contribution in [0.4, 0.5) is 15.9 Å². The maximum atomic E-state index is 15.1. The van der Waals surface area contributed by atoms with Gasteiger partial charge >= 0.3 is 0 Å². The number of nitrogens with one attached hydrogen (secondary N) is 1. The predicted octanol–water partition coefficient (Wildman–Crippen LogP) is 4.80. The molecule has 3 aromatic heterocycles. The molecule has 36 heavy (non-hydrogen) atoms. The molecule has 0 spiro atoms. The lowest BCUT2D eigenvalue weighted by Crippen LogP contribution is -2.18. The minimum absolute atomic E-state index is 0.0531. The lowest BCUT2D eigenvalue weighted by molar-refractivity contribution is 0.102. The lowest BCUT2D eigenvalue weighted by atomic mass is 10.1. The van der Waals surface area contributed by atoms with Gasteiger partial charge in [-0.1, -0.05) is 6.07 Å². The van der Waals surface area contributed by atoms with Gasteiger partial charge in [0, 0.05) is 50.7 Å². The quantitative estimate of drug-likeness (QED) is 0.424. The van der Waals surface area contributed by atoms with Gasteiger partial charge in [0.15, 0.2) is 5.82 Å². The number of imidazole rings is 2. The Balaban J connectivity index is 1.30. The van der Waals surface area contributed by atoms with E-state index in [0.29, 0.717) is 28.8 Å². The minimum atomic E-state index is -0.596. The van der Waals surface area contributed by atoms with Gasteiger partial charge in [-0.25, -0.2) is 19.3 Å². The predicted molar refractivity (Wildman–Crippen MR) is 136 cm³/mol. The molecule has 1 aliphatic carbocycles. The maximum Gasteiger partial charge on any atom is 0.259 e. The summed E-state index contributed by atoms with van der Waals surface area (Å²) < 4.78 is 19.2. The van der Waals surface area contributed by atoms with E-state index in [9.17, 15) is 4.79 Å². The van der Waals surface area contributed by atoms with Crippen LogP contribution in [0.2, 0.25) is 0 Å². The maximum absolute atomic E-state index is 15.1. The number of rotatable bonds is 6. The molecule has 1 saturated carbocycles. The summed E-state index contributed by atoms with van der Waals surface area (Å²) in [5.74, 6) is 0.479. The minimum Gasteiger partial charge on any atom is -0.376 e. The third kappa shape index (κ3) is 4.14. The monoisotopic (exact) mass is 485 g/mol. The topological polar surface area (TPSA) is 80.9 Å². The van der Waals surface area contributed by atoms with Gasteiger partial charge < -0.3 is 19.4 Å². The number of halogens is 1. The van der Waals surface area contributed by atoms with Gasteiger partial charge in [-0.3, -0.25) is 4.79 Å². The molecule has 2 aliphatic rings. The van der Waals surface area contributed by atoms with E-state index in [1.807, 2.05) is 48.1 Å². The number of pyridine rings is 1. The molecular formula is C27H28FN7O. The number of hydrogen-bond donors (Lipinski definition) is 1. The Hall–Kier alpha value is -4.01. The third-order valence-corrected chi connectivity index (χ3v) is 6.89. The highest BCUT2D eigenvalue weighted by atomic mass is 19.1. The number of aryl methyl sites for hydroxylation is 1. The fourth-order valence-electron chi connectivity index (χ4n) is 4.80. The van der Waals surface area contributed by atoms with E-state index in [1.54, 1.807) is 18.5 Å². The van der Waals surface area contributed by atoms with Gasteiger partial charge in [0.2, 0.25) is 0 Å². The second-order valence-corrected chi connectivity index (χ2v) is 9.74. The number of nitrogens with zero attached hydrogens (tertiary/aromatic N) is 6. The first-order chi connectivity index (χ1) is 17.5. The van der Waals surface area contributed by atoms with Gasteiger partial charge in [-0.2, -0.15) is 0 Å². The molecule has 9 heteroatoms. The fourth-order valence-corrected chi connectivity index (χ4v) is 4.80. The van der Waals surface area contributed by atoms with Crippen LogP contribution in [-0.4, -0.2) is 44.1 Å². The van der Waals surface area contributed by atoms with Crippen molar-refractivity contribution in [2.75, 3.05) is 24.3 Å². The first-order valence-corrected chi connectivity index (χ1v) is 12.4. The molecule has 0 atom stereocenters. The Morgan fingerprint density at radius 2 is 2.03 bits per heavy atom. The summed E-state index contributed by atoms with van der Waals surface area (Å²) in [4.78, 5) is 28.7. The van der Waals surface area contributed by atoms with Crippen molar-refractivity contribution in [3.8, 4) is 17.2 Å². The van der Waals surface area contributed by atoms with Crippen molar-refractivity contribution in [2.24, 2.45) is 0 Å². The van der Waals surface area contributed by atoms with E-state index in [-0.39, 0.29) is 5.56 Å². The molecule has 1 aromatic carbocycles. The highest BCUT2D eigenvalue weighted by Gasteiger charge is 2.27. The molecule has 0 saturated heterocycles. The van der Waals surface area contributed by atoms with Crippen molar-refractivity contribution in [3.05, 3.63) is 71.8 Å². The molecule has 1 amide bonds. The first kappa shape index (κ1) is 22.5. The number of carbonyl (C=O) groups is 1. The number of hydrogen-bond acceptors (Lipinski definition) is 5. The molecule has 6 rings (SSSR count). The average molecular weight is 486 g/mol. The van der Waals surface area contributed by atoms with Gasteiger partial charge in [0.25, 0.3) is 5.91 Å². The number of amides is 1. The SMILES string of the molecule is CN(C)c1cc(F)c(C(=O)Nc2cccc(-c3ncc4n3CCCC4)n2)cc1-n1cnc(C2CC2)c1.